The number of hydrogen-bond acceptors (Lipinski definition) is 6. The second-order valence-corrected chi connectivity index (χ2v) is 4.91. The van der Waals surface area contributed by atoms with Gasteiger partial charge in [0.15, 0.2) is 5.82 Å². The minimum absolute atomic E-state index is 0.345. The Morgan fingerprint density at radius 2 is 2.26 bits per heavy atom. The molecule has 0 bridgehead atoms. The molecule has 0 spiro atoms. The number of tetrazole rings is 1. The molecule has 1 heterocycles. The summed E-state index contributed by atoms with van der Waals surface area (Å²) in [6.45, 7) is 6.23. The predicted molar refractivity (Wildman–Crippen MR) is 66.0 cm³/mol. The molecule has 1 rings (SSSR count). The third-order valence-electron chi connectivity index (χ3n) is 2.06. The van der Waals surface area contributed by atoms with Crippen LogP contribution in [0.4, 0.5) is 4.79 Å². The van der Waals surface area contributed by atoms with Gasteiger partial charge in [0.2, 0.25) is 0 Å². The van der Waals surface area contributed by atoms with Crippen LogP contribution in [0.5, 0.6) is 0 Å². The minimum atomic E-state index is -0.515. The van der Waals surface area contributed by atoms with Gasteiger partial charge in [-0.05, 0) is 31.2 Å². The molecule has 0 aromatic carbocycles. The summed E-state index contributed by atoms with van der Waals surface area (Å²) < 4.78 is 6.66. The van der Waals surface area contributed by atoms with Gasteiger partial charge in [-0.2, -0.15) is 5.26 Å². The highest BCUT2D eigenvalue weighted by Gasteiger charge is 2.15. The molecule has 1 aromatic heterocycles. The van der Waals surface area contributed by atoms with E-state index in [0.29, 0.717) is 31.8 Å². The van der Waals surface area contributed by atoms with Gasteiger partial charge in [0.05, 0.1) is 19.0 Å². The molecule has 1 amide bonds. The first-order valence-electron chi connectivity index (χ1n) is 6.01. The Hall–Kier alpha value is -2.17. The van der Waals surface area contributed by atoms with Crippen LogP contribution in [0.25, 0.3) is 0 Å². The van der Waals surface area contributed by atoms with Crippen LogP contribution in [0.3, 0.4) is 0 Å². The number of aryl methyl sites for hydroxylation is 1. The van der Waals surface area contributed by atoms with Crippen LogP contribution in [0.1, 0.15) is 33.0 Å². The van der Waals surface area contributed by atoms with Gasteiger partial charge < -0.3 is 10.1 Å². The van der Waals surface area contributed by atoms with E-state index in [1.54, 1.807) is 25.5 Å². The molecule has 1 aromatic rings. The second kappa shape index (κ2) is 6.68. The summed E-state index contributed by atoms with van der Waals surface area (Å²) in [5.41, 5.74) is -0.515. The van der Waals surface area contributed by atoms with Crippen LogP contribution >= 0.6 is 0 Å². The fraction of sp³-hybridized carbons (Fsp3) is 0.727. The van der Waals surface area contributed by atoms with E-state index in [0.717, 1.165) is 0 Å². The molecule has 8 nitrogen and oxygen atoms in total. The highest BCUT2D eigenvalue weighted by atomic mass is 16.6. The number of carbonyl (C=O) groups is 1. The van der Waals surface area contributed by atoms with Crippen LogP contribution in [0, 0.1) is 11.3 Å². The van der Waals surface area contributed by atoms with Gasteiger partial charge in [-0.25, -0.2) is 9.48 Å². The van der Waals surface area contributed by atoms with Gasteiger partial charge in [0.1, 0.15) is 5.60 Å². The molecule has 0 fully saturated rings. The molecule has 8 heteroatoms. The average molecular weight is 266 g/mol. The Morgan fingerprint density at radius 3 is 2.89 bits per heavy atom. The van der Waals surface area contributed by atoms with Crippen molar-refractivity contribution >= 4 is 6.09 Å². The summed E-state index contributed by atoms with van der Waals surface area (Å²) in [5.74, 6) is 0.631. The summed E-state index contributed by atoms with van der Waals surface area (Å²) in [4.78, 5) is 11.4. The molecule has 19 heavy (non-hydrogen) atoms. The van der Waals surface area contributed by atoms with Gasteiger partial charge in [-0.15, -0.1) is 5.10 Å². The maximum Gasteiger partial charge on any atom is 0.407 e. The van der Waals surface area contributed by atoms with Crippen molar-refractivity contribution < 1.29 is 9.53 Å². The SMILES string of the molecule is CC(C)(C)OC(=O)NCCc1nnnn1CCC#N. The first kappa shape index (κ1) is 14.9. The number of ether oxygens (including phenoxy) is 1. The number of aromatic nitrogens is 4. The van der Waals surface area contributed by atoms with E-state index in [2.05, 4.69) is 20.8 Å². The maximum absolute atomic E-state index is 11.4. The summed E-state index contributed by atoms with van der Waals surface area (Å²) in [5, 5.41) is 22.3. The monoisotopic (exact) mass is 266 g/mol. The highest BCUT2D eigenvalue weighted by molar-refractivity contribution is 5.67. The summed E-state index contributed by atoms with van der Waals surface area (Å²) >= 11 is 0. The zero-order chi connectivity index (χ0) is 14.3. The Morgan fingerprint density at radius 1 is 1.53 bits per heavy atom. The fourth-order valence-corrected chi connectivity index (χ4v) is 1.32. The average Bonchev–Trinajstić information content (AvgIpc) is 2.71. The van der Waals surface area contributed by atoms with E-state index in [1.807, 2.05) is 6.07 Å². The molecule has 1 N–H and O–H groups in total. The Kier molecular flexibility index (Phi) is 5.23. The van der Waals surface area contributed by atoms with Crippen molar-refractivity contribution in [3.05, 3.63) is 5.82 Å². The van der Waals surface area contributed by atoms with Crippen molar-refractivity contribution in [3.8, 4) is 6.07 Å². The van der Waals surface area contributed by atoms with Crippen LogP contribution in [-0.4, -0.2) is 38.4 Å². The molecule has 0 saturated heterocycles. The lowest BCUT2D eigenvalue weighted by Gasteiger charge is -2.19. The molecule has 0 saturated carbocycles. The van der Waals surface area contributed by atoms with Crippen molar-refractivity contribution in [2.24, 2.45) is 0 Å². The number of nitrogens with one attached hydrogen (secondary N) is 1. The Balaban J connectivity index is 2.35. The molecule has 0 atom stereocenters. The minimum Gasteiger partial charge on any atom is -0.444 e. The van der Waals surface area contributed by atoms with Crippen molar-refractivity contribution in [3.63, 3.8) is 0 Å². The number of nitriles is 1. The number of carbonyl (C=O) groups excluding carboxylic acids is 1. The quantitative estimate of drug-likeness (QED) is 0.838. The lowest BCUT2D eigenvalue weighted by molar-refractivity contribution is 0.0528. The van der Waals surface area contributed by atoms with Crippen LogP contribution in [0.15, 0.2) is 0 Å². The Labute approximate surface area is 111 Å². The van der Waals surface area contributed by atoms with E-state index in [-0.39, 0.29) is 0 Å². The Bertz CT molecular complexity index is 456. The van der Waals surface area contributed by atoms with E-state index in [1.165, 1.54) is 0 Å². The first-order chi connectivity index (χ1) is 8.92. The topological polar surface area (TPSA) is 106 Å². The van der Waals surface area contributed by atoms with Crippen LogP contribution in [-0.2, 0) is 17.7 Å². The van der Waals surface area contributed by atoms with E-state index in [9.17, 15) is 4.79 Å². The van der Waals surface area contributed by atoms with Gasteiger partial charge in [-0.3, -0.25) is 0 Å². The van der Waals surface area contributed by atoms with Gasteiger partial charge in [0.25, 0.3) is 0 Å². The largest absolute Gasteiger partial charge is 0.444 e. The molecular formula is C11H18N6O2. The molecular weight excluding hydrogens is 248 g/mol. The van der Waals surface area contributed by atoms with Crippen molar-refractivity contribution in [2.75, 3.05) is 6.54 Å². The standard InChI is InChI=1S/C11H18N6O2/c1-11(2,3)19-10(18)13-7-5-9-14-15-16-17(9)8-4-6-12/h4-5,7-8H2,1-3H3,(H,13,18). The normalized spacial score (nSPS) is 10.8. The van der Waals surface area contributed by atoms with Crippen molar-refractivity contribution in [2.45, 2.75) is 45.8 Å². The van der Waals surface area contributed by atoms with Gasteiger partial charge in [-0.1, -0.05) is 0 Å². The molecule has 0 aliphatic carbocycles. The maximum atomic E-state index is 11.4. The van der Waals surface area contributed by atoms with E-state index in [4.69, 9.17) is 10.00 Å². The number of rotatable bonds is 5. The fourth-order valence-electron chi connectivity index (χ4n) is 1.32. The molecule has 0 radical (unpaired) electrons. The second-order valence-electron chi connectivity index (χ2n) is 4.91. The third-order valence-corrected chi connectivity index (χ3v) is 2.06. The predicted octanol–water partition coefficient (Wildman–Crippen LogP) is 0.654. The summed E-state index contributed by atoms with van der Waals surface area (Å²) in [7, 11) is 0. The van der Waals surface area contributed by atoms with E-state index < -0.39 is 11.7 Å². The van der Waals surface area contributed by atoms with Crippen molar-refractivity contribution in [1.82, 2.24) is 25.5 Å². The van der Waals surface area contributed by atoms with Gasteiger partial charge >= 0.3 is 6.09 Å². The lowest BCUT2D eigenvalue weighted by atomic mass is 10.2. The summed E-state index contributed by atoms with van der Waals surface area (Å²) in [6.07, 6.45) is 0.360. The smallest absolute Gasteiger partial charge is 0.407 e. The molecule has 0 aliphatic rings. The highest BCUT2D eigenvalue weighted by Crippen LogP contribution is 2.06. The lowest BCUT2D eigenvalue weighted by Crippen LogP contribution is -2.33. The van der Waals surface area contributed by atoms with Crippen LogP contribution in [0.2, 0.25) is 0 Å². The van der Waals surface area contributed by atoms with E-state index >= 15 is 0 Å². The third kappa shape index (κ3) is 5.81. The molecule has 104 valence electrons. The summed E-state index contributed by atoms with van der Waals surface area (Å²) in [6, 6.07) is 2.03. The molecule has 0 aliphatic heterocycles. The number of hydrogen-bond donors (Lipinski definition) is 1. The van der Waals surface area contributed by atoms with Gasteiger partial charge in [0, 0.05) is 13.0 Å². The number of amides is 1. The number of alkyl carbamates (subject to hydrolysis) is 1. The first-order valence-corrected chi connectivity index (χ1v) is 6.01. The van der Waals surface area contributed by atoms with Crippen molar-refractivity contribution in [1.29, 1.82) is 5.26 Å². The molecule has 0 unspecified atom stereocenters. The zero-order valence-corrected chi connectivity index (χ0v) is 11.4. The zero-order valence-electron chi connectivity index (χ0n) is 11.4. The number of nitrogens with zero attached hydrogens (tertiary/aromatic N) is 5. The van der Waals surface area contributed by atoms with Crippen LogP contribution < -0.4 is 5.32 Å².